The molecule has 1 atom stereocenters. The van der Waals surface area contributed by atoms with Crippen LogP contribution >= 0.6 is 0 Å². The normalized spacial score (nSPS) is 15.9. The Morgan fingerprint density at radius 3 is 2.50 bits per heavy atom. The highest BCUT2D eigenvalue weighted by Gasteiger charge is 2.29. The fraction of sp³-hybridized carbons (Fsp3) is 0.333. The molecule has 1 aromatic carbocycles. The maximum atomic E-state index is 12.8. The van der Waals surface area contributed by atoms with Gasteiger partial charge in [-0.25, -0.2) is 13.4 Å². The SMILES string of the molecule is C[C@@H](NC(=O)c1cc(S(=O)(=O)N2CCCC2)cn1C)c1ccc(-n2ccnc2)cc1. The Kier molecular flexibility index (Phi) is 5.48. The summed E-state index contributed by atoms with van der Waals surface area (Å²) in [5, 5.41) is 2.95. The largest absolute Gasteiger partial charge is 0.345 e. The fourth-order valence-electron chi connectivity index (χ4n) is 3.68. The molecule has 0 aliphatic carbocycles. The van der Waals surface area contributed by atoms with Crippen molar-refractivity contribution in [1.82, 2.24) is 23.7 Å². The molecule has 9 heteroatoms. The third-order valence-corrected chi connectivity index (χ3v) is 7.32. The maximum Gasteiger partial charge on any atom is 0.268 e. The summed E-state index contributed by atoms with van der Waals surface area (Å²) in [6.45, 7) is 2.96. The summed E-state index contributed by atoms with van der Waals surface area (Å²) in [4.78, 5) is 17.0. The molecule has 1 aliphatic rings. The number of nitrogens with one attached hydrogen (secondary N) is 1. The number of sulfonamides is 1. The summed E-state index contributed by atoms with van der Waals surface area (Å²) in [6, 6.07) is 9.05. The number of aryl methyl sites for hydroxylation is 1. The van der Waals surface area contributed by atoms with Crippen LogP contribution in [0.2, 0.25) is 0 Å². The Morgan fingerprint density at radius 2 is 1.87 bits per heavy atom. The lowest BCUT2D eigenvalue weighted by molar-refractivity contribution is 0.0931. The van der Waals surface area contributed by atoms with Gasteiger partial charge in [0.2, 0.25) is 10.0 Å². The van der Waals surface area contributed by atoms with Crippen LogP contribution in [0.1, 0.15) is 41.9 Å². The third kappa shape index (κ3) is 3.90. The van der Waals surface area contributed by atoms with Crippen LogP contribution in [0.5, 0.6) is 0 Å². The number of amides is 1. The molecule has 0 spiro atoms. The quantitative estimate of drug-likeness (QED) is 0.655. The van der Waals surface area contributed by atoms with Gasteiger partial charge in [0.25, 0.3) is 5.91 Å². The summed E-state index contributed by atoms with van der Waals surface area (Å²) in [6.07, 6.45) is 8.56. The fourth-order valence-corrected chi connectivity index (χ4v) is 5.27. The van der Waals surface area contributed by atoms with Crippen LogP contribution in [0, 0.1) is 0 Å². The maximum absolute atomic E-state index is 12.8. The van der Waals surface area contributed by atoms with Crippen LogP contribution in [-0.4, -0.2) is 45.8 Å². The Morgan fingerprint density at radius 1 is 1.17 bits per heavy atom. The molecule has 1 N–H and O–H groups in total. The summed E-state index contributed by atoms with van der Waals surface area (Å²) in [5.74, 6) is -0.313. The van der Waals surface area contributed by atoms with Crippen molar-refractivity contribution in [2.75, 3.05) is 13.1 Å². The van der Waals surface area contributed by atoms with Gasteiger partial charge in [-0.3, -0.25) is 4.79 Å². The van der Waals surface area contributed by atoms with Crippen molar-refractivity contribution in [2.45, 2.75) is 30.7 Å². The molecule has 8 nitrogen and oxygen atoms in total. The molecule has 3 heterocycles. The molecule has 158 valence electrons. The van der Waals surface area contributed by atoms with E-state index in [1.807, 2.05) is 42.0 Å². The van der Waals surface area contributed by atoms with E-state index in [-0.39, 0.29) is 16.8 Å². The van der Waals surface area contributed by atoms with Crippen LogP contribution in [0.3, 0.4) is 0 Å². The number of hydrogen-bond donors (Lipinski definition) is 1. The van der Waals surface area contributed by atoms with E-state index in [0.29, 0.717) is 18.8 Å². The predicted molar refractivity (Wildman–Crippen MR) is 113 cm³/mol. The average Bonchev–Trinajstić information content (AvgIpc) is 3.49. The molecule has 30 heavy (non-hydrogen) atoms. The molecule has 4 rings (SSSR count). The molecule has 0 radical (unpaired) electrons. The van der Waals surface area contributed by atoms with Crippen molar-refractivity contribution in [1.29, 1.82) is 0 Å². The topological polar surface area (TPSA) is 89.2 Å². The van der Waals surface area contributed by atoms with Crippen molar-refractivity contribution in [3.8, 4) is 5.69 Å². The number of hydrogen-bond acceptors (Lipinski definition) is 4. The Hall–Kier alpha value is -2.91. The zero-order valence-electron chi connectivity index (χ0n) is 17.0. The second kappa shape index (κ2) is 8.08. The molecule has 0 unspecified atom stereocenters. The van der Waals surface area contributed by atoms with Crippen molar-refractivity contribution in [3.63, 3.8) is 0 Å². The summed E-state index contributed by atoms with van der Waals surface area (Å²) in [5.41, 5.74) is 2.25. The first kappa shape index (κ1) is 20.4. The molecular weight excluding hydrogens is 402 g/mol. The van der Waals surface area contributed by atoms with E-state index >= 15 is 0 Å². The van der Waals surface area contributed by atoms with Gasteiger partial charge in [-0.05, 0) is 43.5 Å². The lowest BCUT2D eigenvalue weighted by atomic mass is 10.1. The third-order valence-electron chi connectivity index (χ3n) is 5.46. The average molecular weight is 428 g/mol. The second-order valence-electron chi connectivity index (χ2n) is 7.54. The van der Waals surface area contributed by atoms with Crippen molar-refractivity contribution < 1.29 is 13.2 Å². The predicted octanol–water partition coefficient (Wildman–Crippen LogP) is 2.49. The van der Waals surface area contributed by atoms with Gasteiger partial charge in [0, 0.05) is 44.4 Å². The minimum Gasteiger partial charge on any atom is -0.345 e. The molecule has 2 aromatic heterocycles. The van der Waals surface area contributed by atoms with Crippen LogP contribution in [0.25, 0.3) is 5.69 Å². The highest BCUT2D eigenvalue weighted by molar-refractivity contribution is 7.89. The van der Waals surface area contributed by atoms with Crippen molar-refractivity contribution in [2.24, 2.45) is 7.05 Å². The van der Waals surface area contributed by atoms with E-state index in [1.165, 1.54) is 16.6 Å². The monoisotopic (exact) mass is 427 g/mol. The Balaban J connectivity index is 1.48. The van der Waals surface area contributed by atoms with E-state index in [2.05, 4.69) is 10.3 Å². The molecule has 1 amide bonds. The van der Waals surface area contributed by atoms with Crippen LogP contribution in [-0.2, 0) is 17.1 Å². The van der Waals surface area contributed by atoms with Crippen molar-refractivity contribution in [3.05, 3.63) is 66.5 Å². The standard InChI is InChI=1S/C21H25N5O3S/c1-16(17-5-7-18(8-6-17)25-12-9-22-15-25)23-21(27)20-13-19(14-24(20)2)30(28,29)26-10-3-4-11-26/h5-9,12-16H,3-4,10-11H2,1-2H3,(H,23,27)/t16-/m1/s1. The Bertz CT molecular complexity index is 1130. The first-order valence-electron chi connectivity index (χ1n) is 9.92. The Labute approximate surface area is 176 Å². The van der Waals surface area contributed by atoms with E-state index in [4.69, 9.17) is 0 Å². The van der Waals surface area contributed by atoms with Gasteiger partial charge < -0.3 is 14.5 Å². The van der Waals surface area contributed by atoms with Crippen LogP contribution < -0.4 is 5.32 Å². The lowest BCUT2D eigenvalue weighted by Crippen LogP contribution is -2.28. The smallest absolute Gasteiger partial charge is 0.268 e. The summed E-state index contributed by atoms with van der Waals surface area (Å²) >= 11 is 0. The molecule has 1 saturated heterocycles. The van der Waals surface area contributed by atoms with Gasteiger partial charge in [0.05, 0.1) is 12.4 Å². The van der Waals surface area contributed by atoms with Gasteiger partial charge in [-0.15, -0.1) is 0 Å². The second-order valence-corrected chi connectivity index (χ2v) is 9.48. The van der Waals surface area contributed by atoms with Gasteiger partial charge in [0.1, 0.15) is 10.6 Å². The van der Waals surface area contributed by atoms with E-state index < -0.39 is 10.0 Å². The number of carbonyl (C=O) groups excluding carboxylic acids is 1. The minimum absolute atomic E-state index is 0.161. The number of carbonyl (C=O) groups is 1. The highest BCUT2D eigenvalue weighted by Crippen LogP contribution is 2.23. The van der Waals surface area contributed by atoms with Gasteiger partial charge >= 0.3 is 0 Å². The zero-order valence-corrected chi connectivity index (χ0v) is 17.8. The first-order chi connectivity index (χ1) is 14.4. The molecule has 0 bridgehead atoms. The van der Waals surface area contributed by atoms with Gasteiger partial charge in [-0.1, -0.05) is 12.1 Å². The minimum atomic E-state index is -3.56. The van der Waals surface area contributed by atoms with Crippen molar-refractivity contribution >= 4 is 15.9 Å². The van der Waals surface area contributed by atoms with E-state index in [9.17, 15) is 13.2 Å². The molecule has 1 aliphatic heterocycles. The van der Waals surface area contributed by atoms with E-state index in [0.717, 1.165) is 24.1 Å². The molecule has 0 saturated carbocycles. The van der Waals surface area contributed by atoms with E-state index in [1.54, 1.807) is 24.1 Å². The summed E-state index contributed by atoms with van der Waals surface area (Å²) in [7, 11) is -1.87. The molecule has 3 aromatic rings. The van der Waals surface area contributed by atoms with Crippen LogP contribution in [0.4, 0.5) is 0 Å². The lowest BCUT2D eigenvalue weighted by Gasteiger charge is -2.15. The first-order valence-corrected chi connectivity index (χ1v) is 11.4. The van der Waals surface area contributed by atoms with Crippen LogP contribution in [0.15, 0.2) is 60.1 Å². The number of rotatable bonds is 6. The molecule has 1 fully saturated rings. The van der Waals surface area contributed by atoms with Gasteiger partial charge in [-0.2, -0.15) is 4.31 Å². The highest BCUT2D eigenvalue weighted by atomic mass is 32.2. The number of aromatic nitrogens is 3. The summed E-state index contributed by atoms with van der Waals surface area (Å²) < 4.78 is 30.5. The zero-order chi connectivity index (χ0) is 21.3. The number of benzene rings is 1. The number of imidazole rings is 1. The number of nitrogens with zero attached hydrogens (tertiary/aromatic N) is 4. The molecular formula is C21H25N5O3S. The van der Waals surface area contributed by atoms with Gasteiger partial charge in [0.15, 0.2) is 0 Å².